The summed E-state index contributed by atoms with van der Waals surface area (Å²) in [5.41, 5.74) is 3.73. The normalized spacial score (nSPS) is 13.2. The lowest BCUT2D eigenvalue weighted by molar-refractivity contribution is -0.132. The quantitative estimate of drug-likeness (QED) is 0.540. The number of nitrogens with one attached hydrogen (secondary N) is 2. The Morgan fingerprint density at radius 3 is 2.69 bits per heavy atom. The molecule has 2 amide bonds. The maximum Gasteiger partial charge on any atom is 0.241 e. The van der Waals surface area contributed by atoms with E-state index in [1.807, 2.05) is 47.4 Å². The van der Waals surface area contributed by atoms with Crippen molar-refractivity contribution >= 4 is 11.8 Å². The summed E-state index contributed by atoms with van der Waals surface area (Å²) in [6.45, 7) is 2.09. The van der Waals surface area contributed by atoms with E-state index < -0.39 is 0 Å². The van der Waals surface area contributed by atoms with Crippen LogP contribution >= 0.6 is 0 Å². The third-order valence-electron chi connectivity index (χ3n) is 5.45. The standard InChI is InChI=1S/C24H27N5O3/c30-23(26-16-24(31)29-12-1-2-13-29)9-6-18-4-3-5-19(14-18)17-32-20-7-8-21(25-15-20)22-10-11-27-28-22/h3-5,7-8,10-11,14-15H,1-2,6,9,12-13,16-17H2,(H,26,30)(H,27,28). The number of benzene rings is 1. The van der Waals surface area contributed by atoms with E-state index in [9.17, 15) is 9.59 Å². The predicted octanol–water partition coefficient (Wildman–Crippen LogP) is 2.72. The zero-order valence-electron chi connectivity index (χ0n) is 17.9. The number of aryl methyl sites for hydroxylation is 1. The minimum atomic E-state index is -0.109. The molecule has 166 valence electrons. The third kappa shape index (κ3) is 5.94. The highest BCUT2D eigenvalue weighted by molar-refractivity contribution is 5.84. The van der Waals surface area contributed by atoms with Crippen molar-refractivity contribution < 1.29 is 14.3 Å². The van der Waals surface area contributed by atoms with Crippen molar-refractivity contribution in [3.8, 4) is 17.1 Å². The van der Waals surface area contributed by atoms with E-state index in [-0.39, 0.29) is 18.4 Å². The van der Waals surface area contributed by atoms with Crippen LogP contribution < -0.4 is 10.1 Å². The molecule has 0 unspecified atom stereocenters. The smallest absolute Gasteiger partial charge is 0.241 e. The molecule has 2 aromatic heterocycles. The van der Waals surface area contributed by atoms with E-state index in [4.69, 9.17) is 4.74 Å². The van der Waals surface area contributed by atoms with Gasteiger partial charge in [0.1, 0.15) is 12.4 Å². The van der Waals surface area contributed by atoms with E-state index in [1.165, 1.54) is 0 Å². The van der Waals surface area contributed by atoms with E-state index in [0.717, 1.165) is 48.4 Å². The average Bonchev–Trinajstić information content (AvgIpc) is 3.55. The average molecular weight is 434 g/mol. The molecule has 0 radical (unpaired) electrons. The van der Waals surface area contributed by atoms with Gasteiger partial charge in [0.25, 0.3) is 0 Å². The summed E-state index contributed by atoms with van der Waals surface area (Å²) < 4.78 is 5.85. The van der Waals surface area contributed by atoms with Gasteiger partial charge >= 0.3 is 0 Å². The van der Waals surface area contributed by atoms with Crippen LogP contribution in [0.15, 0.2) is 54.9 Å². The van der Waals surface area contributed by atoms with Gasteiger partial charge in [0.2, 0.25) is 11.8 Å². The van der Waals surface area contributed by atoms with Gasteiger partial charge in [-0.15, -0.1) is 0 Å². The monoisotopic (exact) mass is 433 g/mol. The highest BCUT2D eigenvalue weighted by Crippen LogP contribution is 2.18. The topological polar surface area (TPSA) is 100 Å². The molecule has 4 rings (SSSR count). The number of H-pyrrole nitrogens is 1. The molecular formula is C24H27N5O3. The molecule has 1 aromatic carbocycles. The number of carbonyl (C=O) groups is 2. The van der Waals surface area contributed by atoms with Crippen molar-refractivity contribution in [3.63, 3.8) is 0 Å². The lowest BCUT2D eigenvalue weighted by atomic mass is 10.1. The van der Waals surface area contributed by atoms with E-state index >= 15 is 0 Å². The SMILES string of the molecule is O=C(CCc1cccc(COc2ccc(-c3ccn[nH]3)nc2)c1)NCC(=O)N1CCCC1. The Bertz CT molecular complexity index is 1030. The lowest BCUT2D eigenvalue weighted by Crippen LogP contribution is -2.38. The summed E-state index contributed by atoms with van der Waals surface area (Å²) in [4.78, 5) is 30.3. The van der Waals surface area contributed by atoms with Gasteiger partial charge in [0.05, 0.1) is 24.1 Å². The number of aromatic nitrogens is 3. The Labute approximate surface area is 187 Å². The van der Waals surface area contributed by atoms with Gasteiger partial charge < -0.3 is 15.0 Å². The maximum absolute atomic E-state index is 12.1. The fourth-order valence-electron chi connectivity index (χ4n) is 3.66. The molecule has 1 saturated heterocycles. The summed E-state index contributed by atoms with van der Waals surface area (Å²) in [6.07, 6.45) is 6.42. The van der Waals surface area contributed by atoms with Crippen LogP contribution in [0.4, 0.5) is 0 Å². The van der Waals surface area contributed by atoms with Crippen LogP contribution in [0, 0.1) is 0 Å². The minimum Gasteiger partial charge on any atom is -0.487 e. The Morgan fingerprint density at radius 2 is 1.94 bits per heavy atom. The molecule has 8 nitrogen and oxygen atoms in total. The summed E-state index contributed by atoms with van der Waals surface area (Å²) in [7, 11) is 0. The Kier molecular flexibility index (Phi) is 7.12. The molecule has 0 aliphatic carbocycles. The Hall–Kier alpha value is -3.68. The Morgan fingerprint density at radius 1 is 1.09 bits per heavy atom. The van der Waals surface area contributed by atoms with Crippen molar-refractivity contribution in [2.45, 2.75) is 32.3 Å². The third-order valence-corrected chi connectivity index (χ3v) is 5.45. The molecule has 0 bridgehead atoms. The summed E-state index contributed by atoms with van der Waals surface area (Å²) in [5, 5.41) is 9.55. The second-order valence-electron chi connectivity index (χ2n) is 7.82. The number of nitrogens with zero attached hydrogens (tertiary/aromatic N) is 3. The van der Waals surface area contributed by atoms with Crippen molar-refractivity contribution in [1.29, 1.82) is 0 Å². The van der Waals surface area contributed by atoms with E-state index in [0.29, 0.717) is 25.2 Å². The number of carbonyl (C=O) groups excluding carboxylic acids is 2. The highest BCUT2D eigenvalue weighted by atomic mass is 16.5. The number of hydrogen-bond acceptors (Lipinski definition) is 5. The molecule has 0 atom stereocenters. The second-order valence-corrected chi connectivity index (χ2v) is 7.82. The number of aromatic amines is 1. The van der Waals surface area contributed by atoms with Gasteiger partial charge in [0.15, 0.2) is 0 Å². The first kappa shape index (κ1) is 21.5. The molecule has 0 spiro atoms. The van der Waals surface area contributed by atoms with Crippen LogP contribution in [0.5, 0.6) is 5.75 Å². The summed E-state index contributed by atoms with van der Waals surface area (Å²) in [5.74, 6) is 0.574. The fraction of sp³-hybridized carbons (Fsp3) is 0.333. The first-order valence-corrected chi connectivity index (χ1v) is 10.9. The minimum absolute atomic E-state index is 0.00193. The van der Waals surface area contributed by atoms with Crippen LogP contribution in [0.2, 0.25) is 0 Å². The van der Waals surface area contributed by atoms with Gasteiger partial charge in [0, 0.05) is 25.7 Å². The van der Waals surface area contributed by atoms with Crippen molar-refractivity contribution in [1.82, 2.24) is 25.4 Å². The molecule has 8 heteroatoms. The molecule has 3 heterocycles. The van der Waals surface area contributed by atoms with Crippen molar-refractivity contribution in [2.24, 2.45) is 0 Å². The molecular weight excluding hydrogens is 406 g/mol. The first-order valence-electron chi connectivity index (χ1n) is 10.9. The maximum atomic E-state index is 12.1. The number of rotatable bonds is 9. The van der Waals surface area contributed by atoms with Crippen LogP contribution in [0.1, 0.15) is 30.4 Å². The van der Waals surface area contributed by atoms with Crippen LogP contribution in [0.3, 0.4) is 0 Å². The number of likely N-dealkylation sites (tertiary alicyclic amines) is 1. The molecule has 2 N–H and O–H groups in total. The molecule has 0 saturated carbocycles. The van der Waals surface area contributed by atoms with Gasteiger partial charge in [-0.2, -0.15) is 5.10 Å². The summed E-state index contributed by atoms with van der Waals surface area (Å²) in [6, 6.07) is 13.6. The molecule has 1 aliphatic heterocycles. The molecule has 3 aromatic rings. The lowest BCUT2D eigenvalue weighted by Gasteiger charge is -2.15. The number of ether oxygens (including phenoxy) is 1. The molecule has 1 fully saturated rings. The van der Waals surface area contributed by atoms with Crippen LogP contribution in [0.25, 0.3) is 11.4 Å². The fourth-order valence-corrected chi connectivity index (χ4v) is 3.66. The Balaban J connectivity index is 1.21. The van der Waals surface area contributed by atoms with Gasteiger partial charge in [-0.1, -0.05) is 24.3 Å². The first-order chi connectivity index (χ1) is 15.7. The zero-order chi connectivity index (χ0) is 22.2. The van der Waals surface area contributed by atoms with Crippen molar-refractivity contribution in [2.75, 3.05) is 19.6 Å². The van der Waals surface area contributed by atoms with Crippen LogP contribution in [-0.4, -0.2) is 51.5 Å². The van der Waals surface area contributed by atoms with Gasteiger partial charge in [-0.05, 0) is 48.6 Å². The largest absolute Gasteiger partial charge is 0.487 e. The van der Waals surface area contributed by atoms with Crippen molar-refractivity contribution in [3.05, 3.63) is 66.0 Å². The molecule has 1 aliphatic rings. The zero-order valence-corrected chi connectivity index (χ0v) is 17.9. The number of pyridine rings is 1. The van der Waals surface area contributed by atoms with Gasteiger partial charge in [-0.25, -0.2) is 0 Å². The number of hydrogen-bond donors (Lipinski definition) is 2. The van der Waals surface area contributed by atoms with E-state index in [1.54, 1.807) is 12.4 Å². The molecule has 32 heavy (non-hydrogen) atoms. The van der Waals surface area contributed by atoms with Crippen LogP contribution in [-0.2, 0) is 22.6 Å². The summed E-state index contributed by atoms with van der Waals surface area (Å²) >= 11 is 0. The second kappa shape index (κ2) is 10.6. The highest BCUT2D eigenvalue weighted by Gasteiger charge is 2.18. The van der Waals surface area contributed by atoms with E-state index in [2.05, 4.69) is 20.5 Å². The predicted molar refractivity (Wildman–Crippen MR) is 120 cm³/mol. The number of amides is 2. The van der Waals surface area contributed by atoms with Gasteiger partial charge in [-0.3, -0.25) is 19.7 Å².